The molecule has 2 aromatic rings. The van der Waals surface area contributed by atoms with Crippen LogP contribution in [0, 0.1) is 0 Å². The zero-order valence-corrected chi connectivity index (χ0v) is 12.9. The number of carbonyl (C=O) groups excluding carboxylic acids is 1. The van der Waals surface area contributed by atoms with E-state index in [1.165, 1.54) is 0 Å². The number of halogens is 1. The minimum Gasteiger partial charge on any atom is -0.384 e. The summed E-state index contributed by atoms with van der Waals surface area (Å²) in [5.41, 5.74) is 12.9. The van der Waals surface area contributed by atoms with Crippen molar-refractivity contribution in [3.8, 4) is 0 Å². The largest absolute Gasteiger partial charge is 0.384 e. The van der Waals surface area contributed by atoms with Crippen LogP contribution < -0.4 is 22.1 Å². The smallest absolute Gasteiger partial charge is 0.246 e. The Morgan fingerprint density at radius 1 is 1.36 bits per heavy atom. The number of carbonyl (C=O) groups is 1. The summed E-state index contributed by atoms with van der Waals surface area (Å²) in [6.07, 6.45) is 0. The molecular formula is C15H18ClN5O. The van der Waals surface area contributed by atoms with Gasteiger partial charge >= 0.3 is 0 Å². The zero-order chi connectivity index (χ0) is 16.1. The van der Waals surface area contributed by atoms with Crippen LogP contribution in [0.4, 0.5) is 11.6 Å². The molecule has 0 bridgehead atoms. The third-order valence-electron chi connectivity index (χ3n) is 3.12. The first-order valence-electron chi connectivity index (χ1n) is 6.73. The predicted molar refractivity (Wildman–Crippen MR) is 88.4 cm³/mol. The first-order chi connectivity index (χ1) is 10.5. The van der Waals surface area contributed by atoms with Gasteiger partial charge in [-0.1, -0.05) is 23.7 Å². The molecule has 1 heterocycles. The topological polar surface area (TPSA) is 106 Å². The lowest BCUT2D eigenvalue weighted by Crippen LogP contribution is -2.31. The molecule has 0 aliphatic rings. The van der Waals surface area contributed by atoms with Crippen LogP contribution in [0.5, 0.6) is 0 Å². The molecule has 1 atom stereocenters. The molecule has 6 nitrogen and oxygen atoms in total. The summed E-state index contributed by atoms with van der Waals surface area (Å²) in [6, 6.07) is 9.85. The number of likely N-dealkylation sites (N-methyl/N-ethyl adjacent to an activating group) is 1. The van der Waals surface area contributed by atoms with Crippen LogP contribution in [0.1, 0.15) is 17.2 Å². The first-order valence-corrected chi connectivity index (χ1v) is 7.11. The summed E-state index contributed by atoms with van der Waals surface area (Å²) in [6.45, 7) is 0.338. The average molecular weight is 320 g/mol. The molecule has 0 saturated heterocycles. The second kappa shape index (κ2) is 7.11. The van der Waals surface area contributed by atoms with Crippen molar-refractivity contribution in [2.75, 3.05) is 18.1 Å². The van der Waals surface area contributed by atoms with Gasteiger partial charge in [-0.05, 0) is 35.4 Å². The van der Waals surface area contributed by atoms with E-state index in [1.807, 2.05) is 6.07 Å². The van der Waals surface area contributed by atoms with Gasteiger partial charge in [-0.2, -0.15) is 0 Å². The standard InChI is InChI=1S/C15H18ClN5O/c1-19-15(22)14(21-13-4-2-3-12(18)20-13)10-5-9(8-17)6-11(16)7-10/h2-7,14H,8,17H2,1H3,(H,19,22)(H3,18,20,21)/t14-/m1/s1. The van der Waals surface area contributed by atoms with Crippen LogP contribution in [0.3, 0.4) is 0 Å². The number of benzene rings is 1. The van der Waals surface area contributed by atoms with E-state index in [-0.39, 0.29) is 5.91 Å². The number of nitrogen functional groups attached to an aromatic ring is 1. The van der Waals surface area contributed by atoms with E-state index in [9.17, 15) is 4.79 Å². The van der Waals surface area contributed by atoms with E-state index in [2.05, 4.69) is 15.6 Å². The molecule has 0 fully saturated rings. The lowest BCUT2D eigenvalue weighted by atomic mass is 10.0. The van der Waals surface area contributed by atoms with Crippen molar-refractivity contribution in [2.24, 2.45) is 5.73 Å². The van der Waals surface area contributed by atoms with Gasteiger partial charge in [-0.25, -0.2) is 4.98 Å². The highest BCUT2D eigenvalue weighted by Gasteiger charge is 2.21. The van der Waals surface area contributed by atoms with Crippen LogP contribution in [0.2, 0.25) is 5.02 Å². The molecule has 1 amide bonds. The molecule has 0 saturated carbocycles. The third kappa shape index (κ3) is 3.87. The van der Waals surface area contributed by atoms with Gasteiger partial charge in [0.2, 0.25) is 5.91 Å². The maximum Gasteiger partial charge on any atom is 0.246 e. The first kappa shape index (κ1) is 16.1. The van der Waals surface area contributed by atoms with E-state index in [4.69, 9.17) is 23.1 Å². The van der Waals surface area contributed by atoms with Crippen molar-refractivity contribution in [1.82, 2.24) is 10.3 Å². The number of hydrogen-bond donors (Lipinski definition) is 4. The Balaban J connectivity index is 2.38. The Labute approximate surface area is 133 Å². The molecule has 2 rings (SSSR count). The number of nitrogens with zero attached hydrogens (tertiary/aromatic N) is 1. The molecule has 0 radical (unpaired) electrons. The Bertz CT molecular complexity index is 677. The molecule has 0 unspecified atom stereocenters. The van der Waals surface area contributed by atoms with Gasteiger partial charge in [0.05, 0.1) is 0 Å². The monoisotopic (exact) mass is 319 g/mol. The molecule has 1 aromatic carbocycles. The molecule has 7 heteroatoms. The van der Waals surface area contributed by atoms with E-state index in [0.717, 1.165) is 5.56 Å². The van der Waals surface area contributed by atoms with Gasteiger partial charge in [0.1, 0.15) is 17.7 Å². The zero-order valence-electron chi connectivity index (χ0n) is 12.1. The summed E-state index contributed by atoms with van der Waals surface area (Å²) in [5, 5.41) is 6.21. The van der Waals surface area contributed by atoms with Gasteiger partial charge in [0.15, 0.2) is 0 Å². The van der Waals surface area contributed by atoms with Crippen molar-refractivity contribution in [3.05, 3.63) is 52.5 Å². The molecule has 0 aliphatic carbocycles. The minimum absolute atomic E-state index is 0.213. The molecule has 22 heavy (non-hydrogen) atoms. The quantitative estimate of drug-likeness (QED) is 0.671. The number of anilines is 2. The molecule has 1 aromatic heterocycles. The number of rotatable bonds is 5. The van der Waals surface area contributed by atoms with Crippen LogP contribution in [-0.2, 0) is 11.3 Å². The number of amides is 1. The summed E-state index contributed by atoms with van der Waals surface area (Å²) in [7, 11) is 1.57. The number of nitrogens with one attached hydrogen (secondary N) is 2. The van der Waals surface area contributed by atoms with Crippen molar-refractivity contribution >= 4 is 29.1 Å². The predicted octanol–water partition coefficient (Wildman–Crippen LogP) is 1.68. The van der Waals surface area contributed by atoms with Crippen molar-refractivity contribution in [1.29, 1.82) is 0 Å². The molecule has 116 valence electrons. The lowest BCUT2D eigenvalue weighted by molar-refractivity contribution is -0.121. The SMILES string of the molecule is CNC(=O)[C@H](Nc1cccc(N)n1)c1cc(Cl)cc(CN)c1. The number of hydrogen-bond acceptors (Lipinski definition) is 5. The van der Waals surface area contributed by atoms with E-state index in [1.54, 1.807) is 37.4 Å². The van der Waals surface area contributed by atoms with Gasteiger partial charge in [-0.3, -0.25) is 4.79 Å². The lowest BCUT2D eigenvalue weighted by Gasteiger charge is -2.19. The highest BCUT2D eigenvalue weighted by atomic mass is 35.5. The van der Waals surface area contributed by atoms with Crippen molar-refractivity contribution in [3.63, 3.8) is 0 Å². The van der Waals surface area contributed by atoms with Crippen LogP contribution in [-0.4, -0.2) is 17.9 Å². The summed E-state index contributed by atoms with van der Waals surface area (Å²) in [4.78, 5) is 16.4. The van der Waals surface area contributed by atoms with Gasteiger partial charge < -0.3 is 22.1 Å². The highest BCUT2D eigenvalue weighted by molar-refractivity contribution is 6.30. The second-order valence-corrected chi connectivity index (χ2v) is 5.17. The number of aromatic nitrogens is 1. The average Bonchev–Trinajstić information content (AvgIpc) is 2.51. The third-order valence-corrected chi connectivity index (χ3v) is 3.34. The van der Waals surface area contributed by atoms with Crippen molar-refractivity contribution < 1.29 is 4.79 Å². The van der Waals surface area contributed by atoms with E-state index >= 15 is 0 Å². The fourth-order valence-electron chi connectivity index (χ4n) is 2.08. The Hall–Kier alpha value is -2.31. The maximum atomic E-state index is 12.2. The Kier molecular flexibility index (Phi) is 5.19. The Morgan fingerprint density at radius 2 is 2.14 bits per heavy atom. The van der Waals surface area contributed by atoms with Gasteiger partial charge in [-0.15, -0.1) is 0 Å². The van der Waals surface area contributed by atoms with Crippen LogP contribution >= 0.6 is 11.6 Å². The summed E-state index contributed by atoms with van der Waals surface area (Å²) >= 11 is 6.10. The number of nitrogens with two attached hydrogens (primary N) is 2. The number of pyridine rings is 1. The summed E-state index contributed by atoms with van der Waals surface area (Å²) < 4.78 is 0. The molecular weight excluding hydrogens is 302 g/mol. The molecule has 0 spiro atoms. The van der Waals surface area contributed by atoms with Gasteiger partial charge in [0.25, 0.3) is 0 Å². The second-order valence-electron chi connectivity index (χ2n) is 4.74. The van der Waals surface area contributed by atoms with Crippen LogP contribution in [0.25, 0.3) is 0 Å². The van der Waals surface area contributed by atoms with E-state index < -0.39 is 6.04 Å². The maximum absolute atomic E-state index is 12.2. The molecule has 0 aliphatic heterocycles. The van der Waals surface area contributed by atoms with E-state index in [0.29, 0.717) is 28.8 Å². The van der Waals surface area contributed by atoms with Crippen LogP contribution in [0.15, 0.2) is 36.4 Å². The fraction of sp³-hybridized carbons (Fsp3) is 0.200. The molecule has 6 N–H and O–H groups in total. The minimum atomic E-state index is -0.650. The van der Waals surface area contributed by atoms with Crippen molar-refractivity contribution in [2.45, 2.75) is 12.6 Å². The summed E-state index contributed by atoms with van der Waals surface area (Å²) in [5.74, 6) is 0.659. The Morgan fingerprint density at radius 3 is 2.77 bits per heavy atom. The van der Waals surface area contributed by atoms with Gasteiger partial charge in [0, 0.05) is 18.6 Å². The highest BCUT2D eigenvalue weighted by Crippen LogP contribution is 2.24. The normalized spacial score (nSPS) is 11.8. The fourth-order valence-corrected chi connectivity index (χ4v) is 2.35.